The van der Waals surface area contributed by atoms with Crippen LogP contribution in [-0.4, -0.2) is 72.9 Å². The van der Waals surface area contributed by atoms with E-state index in [9.17, 15) is 22.6 Å². The third kappa shape index (κ3) is 36.0. The summed E-state index contributed by atoms with van der Waals surface area (Å²) in [5.74, 6) is -1.56. The molecule has 9 heteroatoms. The van der Waals surface area contributed by atoms with Gasteiger partial charge >= 0.3 is 11.9 Å². The molecule has 0 aliphatic carbocycles. The number of hydrogen-bond acceptors (Lipinski definition) is 6. The Balaban J connectivity index is 0. The Morgan fingerprint density at radius 1 is 0.472 bits per heavy atom. The molecule has 0 saturated carbocycles. The normalized spacial score (nSPS) is 13.3. The van der Waals surface area contributed by atoms with Crippen molar-refractivity contribution in [1.29, 1.82) is 0 Å². The number of carbonyl (C=O) groups is 2. The Morgan fingerprint density at radius 2 is 0.755 bits per heavy atom. The Morgan fingerprint density at radius 3 is 1.04 bits per heavy atom. The molecule has 0 aliphatic rings. The van der Waals surface area contributed by atoms with Gasteiger partial charge in [-0.25, -0.2) is 0 Å². The van der Waals surface area contributed by atoms with Crippen LogP contribution in [0.4, 0.5) is 0 Å². The van der Waals surface area contributed by atoms with E-state index in [1.54, 1.807) is 0 Å². The molecule has 0 spiro atoms. The number of ether oxygens (including phenoxy) is 2. The molecule has 311 valence electrons. The number of esters is 2. The standard InChI is InChI=1S/C44H86O7S.Na/c1-5-9-11-13-15-17-19-21-23-25-27-29-31-33-35-40(7-3)38-50-43(45)37-42(52(47,48)49)44(46)51-39-41(8-4)36-34-32-30-28-26-24-22-20-18-16-14-12-10-6-2;/h40-42H,5-39H2,1-4H3,(H,47,48,49);. The van der Waals surface area contributed by atoms with Crippen LogP contribution < -0.4 is 0 Å². The molecule has 1 N–H and O–H groups in total. The minimum absolute atomic E-state index is 0. The topological polar surface area (TPSA) is 107 Å². The molecule has 1 radical (unpaired) electrons. The van der Waals surface area contributed by atoms with Gasteiger partial charge in [-0.05, 0) is 24.7 Å². The smallest absolute Gasteiger partial charge is 0.327 e. The van der Waals surface area contributed by atoms with Crippen LogP contribution in [0.25, 0.3) is 0 Å². The van der Waals surface area contributed by atoms with E-state index >= 15 is 0 Å². The first-order valence-electron chi connectivity index (χ1n) is 22.5. The summed E-state index contributed by atoms with van der Waals surface area (Å²) in [6, 6.07) is 0. The maximum Gasteiger partial charge on any atom is 0.327 e. The van der Waals surface area contributed by atoms with Crippen LogP contribution in [-0.2, 0) is 29.2 Å². The van der Waals surface area contributed by atoms with E-state index in [0.29, 0.717) is 0 Å². The van der Waals surface area contributed by atoms with Crippen LogP contribution in [0.15, 0.2) is 0 Å². The summed E-state index contributed by atoms with van der Waals surface area (Å²) in [6.07, 6.45) is 39.3. The molecule has 0 heterocycles. The van der Waals surface area contributed by atoms with Crippen molar-refractivity contribution < 1.29 is 32.0 Å². The van der Waals surface area contributed by atoms with Crippen molar-refractivity contribution in [3.05, 3.63) is 0 Å². The molecule has 0 aromatic heterocycles. The van der Waals surface area contributed by atoms with E-state index in [-0.39, 0.29) is 54.6 Å². The molecule has 0 saturated heterocycles. The molecule has 0 aromatic carbocycles. The van der Waals surface area contributed by atoms with Gasteiger partial charge in [-0.2, -0.15) is 8.42 Å². The minimum Gasteiger partial charge on any atom is -0.465 e. The first-order chi connectivity index (χ1) is 25.2. The van der Waals surface area contributed by atoms with Crippen molar-refractivity contribution in [3.63, 3.8) is 0 Å². The Labute approximate surface area is 351 Å². The minimum atomic E-state index is -4.81. The van der Waals surface area contributed by atoms with E-state index in [1.807, 2.05) is 6.92 Å². The van der Waals surface area contributed by atoms with E-state index in [1.165, 1.54) is 154 Å². The van der Waals surface area contributed by atoms with Gasteiger partial charge in [-0.15, -0.1) is 0 Å². The average Bonchev–Trinajstić information content (AvgIpc) is 3.12. The fourth-order valence-electron chi connectivity index (χ4n) is 7.09. The molecule has 0 fully saturated rings. The van der Waals surface area contributed by atoms with Crippen LogP contribution in [0, 0.1) is 11.8 Å². The van der Waals surface area contributed by atoms with Crippen LogP contribution in [0.3, 0.4) is 0 Å². The molecule has 0 amide bonds. The molecular weight excluding hydrogens is 696 g/mol. The number of unbranched alkanes of at least 4 members (excludes halogenated alkanes) is 26. The quantitative estimate of drug-likeness (QED) is 0.0285. The van der Waals surface area contributed by atoms with Gasteiger partial charge in [0.1, 0.15) is 0 Å². The van der Waals surface area contributed by atoms with Gasteiger partial charge in [-0.1, -0.05) is 220 Å². The number of carbonyl (C=O) groups excluding carboxylic acids is 2. The van der Waals surface area contributed by atoms with Gasteiger partial charge in [0.15, 0.2) is 5.25 Å². The van der Waals surface area contributed by atoms with E-state index in [4.69, 9.17) is 9.47 Å². The SMILES string of the molecule is CCCCCCCCCCCCCCCCC(CC)COC(=O)CC(C(=O)OCC(CC)CCCCCCCCCCCCCCCC)S(=O)(=O)O.[Na]. The molecule has 0 aliphatic heterocycles. The van der Waals surface area contributed by atoms with Gasteiger partial charge in [-0.3, -0.25) is 14.1 Å². The zero-order valence-electron chi connectivity index (χ0n) is 35.8. The summed E-state index contributed by atoms with van der Waals surface area (Å²) in [5, 5.41) is -1.95. The van der Waals surface area contributed by atoms with Gasteiger partial charge in [0, 0.05) is 29.6 Å². The van der Waals surface area contributed by atoms with E-state index in [2.05, 4.69) is 20.8 Å². The fraction of sp³-hybridized carbons (Fsp3) is 0.955. The van der Waals surface area contributed by atoms with Crippen LogP contribution in [0.5, 0.6) is 0 Å². The van der Waals surface area contributed by atoms with Crippen molar-refractivity contribution in [2.24, 2.45) is 11.8 Å². The van der Waals surface area contributed by atoms with Crippen molar-refractivity contribution in [2.45, 2.75) is 245 Å². The van der Waals surface area contributed by atoms with Crippen molar-refractivity contribution >= 4 is 51.6 Å². The average molecular weight is 782 g/mol. The molecular formula is C44H86NaO7S. The third-order valence-electron chi connectivity index (χ3n) is 11.0. The maximum absolute atomic E-state index is 12.7. The maximum atomic E-state index is 12.7. The Bertz CT molecular complexity index is 913. The summed E-state index contributed by atoms with van der Waals surface area (Å²) < 4.78 is 44.6. The summed E-state index contributed by atoms with van der Waals surface area (Å²) in [4.78, 5) is 25.3. The van der Waals surface area contributed by atoms with Gasteiger partial charge in [0.2, 0.25) is 0 Å². The summed E-state index contributed by atoms with van der Waals surface area (Å²) in [6.45, 7) is 8.89. The van der Waals surface area contributed by atoms with Gasteiger partial charge in [0.25, 0.3) is 10.1 Å². The van der Waals surface area contributed by atoms with Crippen molar-refractivity contribution in [3.8, 4) is 0 Å². The zero-order valence-corrected chi connectivity index (χ0v) is 38.6. The van der Waals surface area contributed by atoms with Crippen LogP contribution in [0.2, 0.25) is 0 Å². The van der Waals surface area contributed by atoms with E-state index in [0.717, 1.165) is 51.4 Å². The molecule has 7 nitrogen and oxygen atoms in total. The molecule has 3 unspecified atom stereocenters. The molecule has 3 atom stereocenters. The summed E-state index contributed by atoms with van der Waals surface area (Å²) in [5.41, 5.74) is 0. The van der Waals surface area contributed by atoms with Gasteiger partial charge < -0.3 is 9.47 Å². The fourth-order valence-corrected chi connectivity index (χ4v) is 7.75. The molecule has 0 aromatic rings. The van der Waals surface area contributed by atoms with Crippen molar-refractivity contribution in [2.75, 3.05) is 13.2 Å². The first kappa shape index (κ1) is 54.9. The van der Waals surface area contributed by atoms with Crippen molar-refractivity contribution in [1.82, 2.24) is 0 Å². The van der Waals surface area contributed by atoms with E-state index < -0.39 is 33.7 Å². The Hall–Kier alpha value is -0.150. The predicted octanol–water partition coefficient (Wildman–Crippen LogP) is 13.1. The second-order valence-corrected chi connectivity index (χ2v) is 17.4. The van der Waals surface area contributed by atoms with Gasteiger partial charge in [0.05, 0.1) is 19.6 Å². The summed E-state index contributed by atoms with van der Waals surface area (Å²) >= 11 is 0. The van der Waals surface area contributed by atoms with Crippen LogP contribution >= 0.6 is 0 Å². The second kappa shape index (κ2) is 40.1. The number of hydrogen-bond donors (Lipinski definition) is 1. The predicted molar refractivity (Wildman–Crippen MR) is 225 cm³/mol. The molecule has 0 rings (SSSR count). The Kier molecular flexibility index (Phi) is 41.5. The molecule has 53 heavy (non-hydrogen) atoms. The first-order valence-corrected chi connectivity index (χ1v) is 24.0. The third-order valence-corrected chi connectivity index (χ3v) is 12.1. The zero-order chi connectivity index (χ0) is 38.5. The summed E-state index contributed by atoms with van der Waals surface area (Å²) in [7, 11) is -4.81. The largest absolute Gasteiger partial charge is 0.465 e. The number of rotatable bonds is 40. The monoisotopic (exact) mass is 782 g/mol. The second-order valence-electron chi connectivity index (χ2n) is 15.8. The molecule has 0 bridgehead atoms. The van der Waals surface area contributed by atoms with Crippen LogP contribution in [0.1, 0.15) is 240 Å².